The summed E-state index contributed by atoms with van der Waals surface area (Å²) in [5.74, 6) is -4.65. The van der Waals surface area contributed by atoms with Gasteiger partial charge in [0.2, 0.25) is 0 Å². The second-order valence-electron chi connectivity index (χ2n) is 3.02. The lowest BCUT2D eigenvalue weighted by Crippen LogP contribution is -2.44. The minimum Gasteiger partial charge on any atom is -0.481 e. The molecule has 0 aliphatic carbocycles. The molecule has 0 aliphatic heterocycles. The molecule has 0 rings (SSSR count). The molecular weight excluding hydrogens is 256 g/mol. The SMILES string of the molecule is NC(=S)NOC(=O)CC(O)(CC(=O)O)C(=O)O. The minimum atomic E-state index is -2.75. The van der Waals surface area contributed by atoms with E-state index < -0.39 is 36.4 Å². The van der Waals surface area contributed by atoms with Crippen LogP contribution in [0.15, 0.2) is 0 Å². The Morgan fingerprint density at radius 1 is 1.29 bits per heavy atom. The number of rotatable bonds is 5. The summed E-state index contributed by atoms with van der Waals surface area (Å²) in [7, 11) is 0. The Morgan fingerprint density at radius 2 is 1.82 bits per heavy atom. The van der Waals surface area contributed by atoms with Crippen LogP contribution < -0.4 is 11.2 Å². The topological polar surface area (TPSA) is 159 Å². The molecule has 96 valence electrons. The summed E-state index contributed by atoms with van der Waals surface area (Å²) in [4.78, 5) is 36.2. The Morgan fingerprint density at radius 3 is 2.18 bits per heavy atom. The molecule has 0 saturated heterocycles. The Bertz CT molecular complexity index is 358. The smallest absolute Gasteiger partial charge is 0.336 e. The predicted molar refractivity (Wildman–Crippen MR) is 55.5 cm³/mol. The van der Waals surface area contributed by atoms with Crippen LogP contribution in [-0.4, -0.2) is 43.9 Å². The van der Waals surface area contributed by atoms with E-state index in [1.165, 1.54) is 0 Å². The lowest BCUT2D eigenvalue weighted by atomic mass is 9.96. The van der Waals surface area contributed by atoms with Crippen molar-refractivity contribution in [1.82, 2.24) is 5.48 Å². The van der Waals surface area contributed by atoms with Crippen molar-refractivity contribution in [3.05, 3.63) is 0 Å². The van der Waals surface area contributed by atoms with Crippen molar-refractivity contribution in [3.63, 3.8) is 0 Å². The largest absolute Gasteiger partial charge is 0.481 e. The highest BCUT2D eigenvalue weighted by Gasteiger charge is 2.41. The van der Waals surface area contributed by atoms with E-state index in [1.807, 2.05) is 0 Å². The van der Waals surface area contributed by atoms with Gasteiger partial charge in [-0.3, -0.25) is 4.79 Å². The number of hydrogen-bond acceptors (Lipinski definition) is 6. The van der Waals surface area contributed by atoms with Gasteiger partial charge in [-0.2, -0.15) is 5.48 Å². The molecule has 0 aromatic heterocycles. The van der Waals surface area contributed by atoms with Gasteiger partial charge in [0.05, 0.1) is 12.8 Å². The molecule has 0 amide bonds. The maximum Gasteiger partial charge on any atom is 0.336 e. The van der Waals surface area contributed by atoms with Gasteiger partial charge in [0.15, 0.2) is 10.7 Å². The van der Waals surface area contributed by atoms with Gasteiger partial charge in [-0.25, -0.2) is 9.59 Å². The first-order chi connectivity index (χ1) is 7.67. The second kappa shape index (κ2) is 5.96. The fourth-order valence-electron chi connectivity index (χ4n) is 0.846. The monoisotopic (exact) mass is 266 g/mol. The third-order valence-corrected chi connectivity index (χ3v) is 1.63. The minimum absolute atomic E-state index is 0.379. The molecule has 1 atom stereocenters. The Balaban J connectivity index is 4.54. The molecule has 0 aliphatic rings. The molecule has 0 heterocycles. The molecule has 9 nitrogen and oxygen atoms in total. The fourth-order valence-corrected chi connectivity index (χ4v) is 0.888. The van der Waals surface area contributed by atoms with Gasteiger partial charge in [0.25, 0.3) is 0 Å². The number of hydrogen-bond donors (Lipinski definition) is 5. The standard InChI is InChI=1S/C7H10N2O7S/c8-6(17)9-16-4(12)2-7(15,5(13)14)1-3(10)11/h15H,1-2H2,(H,10,11)(H,13,14)(H3,8,9,17). The van der Waals surface area contributed by atoms with Crippen molar-refractivity contribution >= 4 is 35.2 Å². The Kier molecular flexibility index (Phi) is 5.28. The van der Waals surface area contributed by atoms with Crippen LogP contribution in [0.5, 0.6) is 0 Å². The summed E-state index contributed by atoms with van der Waals surface area (Å²) in [6.07, 6.45) is -2.21. The van der Waals surface area contributed by atoms with Crippen molar-refractivity contribution in [2.75, 3.05) is 0 Å². The number of aliphatic carboxylic acids is 2. The van der Waals surface area contributed by atoms with Crippen LogP contribution in [0, 0.1) is 0 Å². The number of carbonyl (C=O) groups is 3. The lowest BCUT2D eigenvalue weighted by Gasteiger charge is -2.19. The van der Waals surface area contributed by atoms with Gasteiger partial charge in [-0.15, -0.1) is 0 Å². The molecule has 1 unspecified atom stereocenters. The van der Waals surface area contributed by atoms with Crippen molar-refractivity contribution in [2.45, 2.75) is 18.4 Å². The van der Waals surface area contributed by atoms with Crippen LogP contribution in [0.3, 0.4) is 0 Å². The zero-order valence-corrected chi connectivity index (χ0v) is 9.19. The van der Waals surface area contributed by atoms with Crippen LogP contribution in [0.2, 0.25) is 0 Å². The second-order valence-corrected chi connectivity index (χ2v) is 3.46. The molecule has 0 aromatic rings. The first kappa shape index (κ1) is 15.1. The van der Waals surface area contributed by atoms with Crippen molar-refractivity contribution in [2.24, 2.45) is 5.73 Å². The number of carboxylic acid groups (broad SMARTS) is 2. The van der Waals surface area contributed by atoms with Crippen molar-refractivity contribution < 1.29 is 34.5 Å². The average Bonchev–Trinajstić information content (AvgIpc) is 2.12. The normalized spacial score (nSPS) is 13.2. The summed E-state index contributed by atoms with van der Waals surface area (Å²) in [5.41, 5.74) is 3.93. The molecule has 0 saturated carbocycles. The van der Waals surface area contributed by atoms with Crippen LogP contribution in [0.4, 0.5) is 0 Å². The van der Waals surface area contributed by atoms with Gasteiger partial charge in [0.1, 0.15) is 0 Å². The average molecular weight is 266 g/mol. The molecule has 6 N–H and O–H groups in total. The fraction of sp³-hybridized carbons (Fsp3) is 0.429. The lowest BCUT2D eigenvalue weighted by molar-refractivity contribution is -0.173. The van der Waals surface area contributed by atoms with Gasteiger partial charge in [-0.05, 0) is 12.2 Å². The highest BCUT2D eigenvalue weighted by molar-refractivity contribution is 7.80. The molecule has 0 bridgehead atoms. The van der Waals surface area contributed by atoms with E-state index in [9.17, 15) is 19.5 Å². The molecule has 0 radical (unpaired) electrons. The number of carbonyl (C=O) groups excluding carboxylic acids is 1. The van der Waals surface area contributed by atoms with E-state index in [1.54, 1.807) is 5.48 Å². The molecule has 0 fully saturated rings. The highest BCUT2D eigenvalue weighted by Crippen LogP contribution is 2.16. The van der Waals surface area contributed by atoms with Gasteiger partial charge >= 0.3 is 17.9 Å². The maximum atomic E-state index is 11.0. The van der Waals surface area contributed by atoms with Crippen LogP contribution in [-0.2, 0) is 19.2 Å². The summed E-state index contributed by atoms with van der Waals surface area (Å²) >= 11 is 4.29. The van der Waals surface area contributed by atoms with Crippen molar-refractivity contribution in [3.8, 4) is 0 Å². The number of aliphatic hydroxyl groups is 1. The predicted octanol–water partition coefficient (Wildman–Crippen LogP) is -2.04. The number of nitrogens with one attached hydrogen (secondary N) is 1. The van der Waals surface area contributed by atoms with E-state index in [2.05, 4.69) is 17.1 Å². The summed E-state index contributed by atoms with van der Waals surface area (Å²) in [6, 6.07) is 0. The Labute approximate surface area is 100 Å². The maximum absolute atomic E-state index is 11.0. The number of hydroxylamine groups is 1. The van der Waals surface area contributed by atoms with E-state index in [4.69, 9.17) is 15.9 Å². The quantitative estimate of drug-likeness (QED) is 0.277. The first-order valence-corrected chi connectivity index (χ1v) is 4.51. The third-order valence-electron chi connectivity index (χ3n) is 1.54. The van der Waals surface area contributed by atoms with Crippen molar-refractivity contribution in [1.29, 1.82) is 0 Å². The van der Waals surface area contributed by atoms with E-state index in [0.29, 0.717) is 0 Å². The van der Waals surface area contributed by atoms with Crippen LogP contribution in [0.1, 0.15) is 12.8 Å². The number of nitrogens with two attached hydrogens (primary N) is 1. The molecule has 17 heavy (non-hydrogen) atoms. The number of thiocarbonyl (C=S) groups is 1. The zero-order valence-electron chi connectivity index (χ0n) is 8.37. The molecule has 0 spiro atoms. The number of carboxylic acids is 2. The van der Waals surface area contributed by atoms with Gasteiger partial charge in [0, 0.05) is 0 Å². The zero-order chi connectivity index (χ0) is 13.6. The van der Waals surface area contributed by atoms with Gasteiger partial charge in [-0.1, -0.05) is 0 Å². The highest BCUT2D eigenvalue weighted by atomic mass is 32.1. The van der Waals surface area contributed by atoms with E-state index in [0.717, 1.165) is 0 Å². The van der Waals surface area contributed by atoms with Crippen LogP contribution in [0.25, 0.3) is 0 Å². The third kappa shape index (κ3) is 5.63. The molecule has 10 heteroatoms. The van der Waals surface area contributed by atoms with E-state index >= 15 is 0 Å². The van der Waals surface area contributed by atoms with E-state index in [-0.39, 0.29) is 5.11 Å². The van der Waals surface area contributed by atoms with Crippen LogP contribution >= 0.6 is 12.2 Å². The molecule has 0 aromatic carbocycles. The Hall–Kier alpha value is -1.94. The first-order valence-electron chi connectivity index (χ1n) is 4.10. The summed E-state index contributed by atoms with van der Waals surface area (Å²) in [6.45, 7) is 0. The van der Waals surface area contributed by atoms with Gasteiger partial charge < -0.3 is 25.9 Å². The summed E-state index contributed by atoms with van der Waals surface area (Å²) in [5, 5.41) is 26.1. The molecular formula is C7H10N2O7S. The summed E-state index contributed by atoms with van der Waals surface area (Å²) < 4.78 is 0.